The molecule has 30 heavy (non-hydrogen) atoms. The number of allylic oxidation sites excluding steroid dienone is 1. The lowest BCUT2D eigenvalue weighted by atomic mass is 10.0. The number of rotatable bonds is 7. The van der Waals surface area contributed by atoms with Crippen molar-refractivity contribution in [2.24, 2.45) is 0 Å². The summed E-state index contributed by atoms with van der Waals surface area (Å²) in [5, 5.41) is 21.7. The molecule has 0 atom stereocenters. The van der Waals surface area contributed by atoms with Gasteiger partial charge >= 0.3 is 0 Å². The summed E-state index contributed by atoms with van der Waals surface area (Å²) in [5.74, 6) is 0.556. The van der Waals surface area contributed by atoms with E-state index in [1.165, 1.54) is 25.3 Å². The minimum atomic E-state index is -0.526. The third-order valence-electron chi connectivity index (χ3n) is 4.33. The van der Waals surface area contributed by atoms with Crippen LogP contribution in [0.15, 0.2) is 66.7 Å². The van der Waals surface area contributed by atoms with Gasteiger partial charge in [-0.1, -0.05) is 60.1 Å². The molecule has 0 aliphatic heterocycles. The molecule has 0 saturated carbocycles. The molecular weight excluding hydrogens is 404 g/mol. The Bertz CT molecular complexity index is 1140. The van der Waals surface area contributed by atoms with Crippen molar-refractivity contribution in [2.75, 3.05) is 7.11 Å². The normalized spacial score (nSPS) is 10.9. The lowest BCUT2D eigenvalue weighted by Gasteiger charge is -2.12. The van der Waals surface area contributed by atoms with E-state index in [2.05, 4.69) is 6.07 Å². The Morgan fingerprint density at radius 1 is 1.13 bits per heavy atom. The Morgan fingerprint density at radius 2 is 1.83 bits per heavy atom. The van der Waals surface area contributed by atoms with Crippen molar-refractivity contribution >= 4 is 28.9 Å². The largest absolute Gasteiger partial charge is 0.493 e. The Morgan fingerprint density at radius 3 is 2.47 bits per heavy atom. The van der Waals surface area contributed by atoms with Gasteiger partial charge in [0.25, 0.3) is 5.69 Å². The molecule has 0 fully saturated rings. The van der Waals surface area contributed by atoms with Crippen LogP contribution in [-0.4, -0.2) is 12.0 Å². The Labute approximate surface area is 178 Å². The highest BCUT2D eigenvalue weighted by atomic mass is 35.5. The average molecular weight is 421 g/mol. The van der Waals surface area contributed by atoms with Crippen molar-refractivity contribution in [1.29, 1.82) is 5.26 Å². The van der Waals surface area contributed by atoms with Gasteiger partial charge in [0.05, 0.1) is 35.3 Å². The number of benzene rings is 3. The van der Waals surface area contributed by atoms with Crippen LogP contribution >= 0.6 is 11.6 Å². The SMILES string of the molecule is COc1cc(C=C(C#N)c2ccccc2Cl)c([N+](=O)[O-])cc1OCc1ccccc1. The minimum absolute atomic E-state index is 0.198. The van der Waals surface area contributed by atoms with Crippen LogP contribution < -0.4 is 9.47 Å². The molecule has 3 aromatic carbocycles. The highest BCUT2D eigenvalue weighted by Gasteiger charge is 2.20. The van der Waals surface area contributed by atoms with Crippen molar-refractivity contribution in [3.63, 3.8) is 0 Å². The fourth-order valence-corrected chi connectivity index (χ4v) is 3.09. The number of nitriles is 1. The first-order valence-electron chi connectivity index (χ1n) is 8.93. The topological polar surface area (TPSA) is 85.4 Å². The highest BCUT2D eigenvalue weighted by Crippen LogP contribution is 2.37. The molecule has 0 unspecified atom stereocenters. The summed E-state index contributed by atoms with van der Waals surface area (Å²) in [6, 6.07) is 21.1. The van der Waals surface area contributed by atoms with Crippen molar-refractivity contribution in [3.8, 4) is 17.6 Å². The first-order chi connectivity index (χ1) is 14.5. The van der Waals surface area contributed by atoms with Crippen LogP contribution in [0.4, 0.5) is 5.69 Å². The molecule has 0 heterocycles. The summed E-state index contributed by atoms with van der Waals surface area (Å²) in [6.45, 7) is 0.229. The van der Waals surface area contributed by atoms with E-state index in [1.807, 2.05) is 30.3 Å². The van der Waals surface area contributed by atoms with Crippen molar-refractivity contribution in [3.05, 3.63) is 98.6 Å². The third kappa shape index (κ3) is 4.77. The first-order valence-corrected chi connectivity index (χ1v) is 9.31. The minimum Gasteiger partial charge on any atom is -0.493 e. The second kappa shape index (κ2) is 9.59. The molecule has 0 spiro atoms. The smallest absolute Gasteiger partial charge is 0.280 e. The number of nitro groups is 1. The molecule has 0 radical (unpaired) electrons. The van der Waals surface area contributed by atoms with Crippen LogP contribution in [0.2, 0.25) is 5.02 Å². The van der Waals surface area contributed by atoms with E-state index >= 15 is 0 Å². The molecule has 0 aromatic heterocycles. The molecule has 0 N–H and O–H groups in total. The summed E-state index contributed by atoms with van der Waals surface area (Å²) in [6.07, 6.45) is 1.42. The maximum absolute atomic E-state index is 11.7. The zero-order valence-electron chi connectivity index (χ0n) is 16.0. The number of methoxy groups -OCH3 is 1. The molecule has 3 aromatic rings. The zero-order valence-corrected chi connectivity index (χ0v) is 16.8. The molecule has 0 aliphatic carbocycles. The predicted octanol–water partition coefficient (Wildman–Crippen LogP) is 5.90. The standard InChI is InChI=1S/C23H17ClN2O4/c1-29-22-12-17(11-18(14-25)19-9-5-6-10-20(19)24)21(26(27)28)13-23(22)30-15-16-7-3-2-4-8-16/h2-13H,15H2,1H3. The molecule has 6 nitrogen and oxygen atoms in total. The number of hydrogen-bond donors (Lipinski definition) is 0. The van der Waals surface area contributed by atoms with Crippen LogP contribution in [0.25, 0.3) is 11.6 Å². The van der Waals surface area contributed by atoms with Gasteiger partial charge in [0.2, 0.25) is 0 Å². The van der Waals surface area contributed by atoms with Crippen LogP contribution in [-0.2, 0) is 6.61 Å². The fourth-order valence-electron chi connectivity index (χ4n) is 2.85. The molecule has 150 valence electrons. The van der Waals surface area contributed by atoms with Gasteiger partial charge in [0.1, 0.15) is 6.61 Å². The monoisotopic (exact) mass is 420 g/mol. The summed E-state index contributed by atoms with van der Waals surface area (Å²) >= 11 is 6.18. The van der Waals surface area contributed by atoms with E-state index < -0.39 is 4.92 Å². The number of halogens is 1. The Hall–Kier alpha value is -3.82. The van der Waals surface area contributed by atoms with Crippen LogP contribution in [0.1, 0.15) is 16.7 Å². The van der Waals surface area contributed by atoms with Gasteiger partial charge in [-0.05, 0) is 23.8 Å². The van der Waals surface area contributed by atoms with Gasteiger partial charge in [0, 0.05) is 10.6 Å². The van der Waals surface area contributed by atoms with E-state index in [0.717, 1.165) is 5.56 Å². The van der Waals surface area contributed by atoms with Gasteiger partial charge in [-0.15, -0.1) is 0 Å². The molecule has 0 bridgehead atoms. The van der Waals surface area contributed by atoms with Gasteiger partial charge in [-0.3, -0.25) is 10.1 Å². The van der Waals surface area contributed by atoms with Gasteiger partial charge in [0.15, 0.2) is 11.5 Å². The number of hydrogen-bond acceptors (Lipinski definition) is 5. The Balaban J connectivity index is 2.03. The lowest BCUT2D eigenvalue weighted by molar-refractivity contribution is -0.385. The van der Waals surface area contributed by atoms with Gasteiger partial charge in [-0.25, -0.2) is 0 Å². The van der Waals surface area contributed by atoms with Crippen molar-refractivity contribution in [1.82, 2.24) is 0 Å². The average Bonchev–Trinajstić information content (AvgIpc) is 2.77. The van der Waals surface area contributed by atoms with E-state index in [1.54, 1.807) is 24.3 Å². The number of ether oxygens (including phenoxy) is 2. The fraction of sp³-hybridized carbons (Fsp3) is 0.0870. The lowest BCUT2D eigenvalue weighted by Crippen LogP contribution is -2.00. The molecule has 7 heteroatoms. The summed E-state index contributed by atoms with van der Waals surface area (Å²) in [4.78, 5) is 11.2. The predicted molar refractivity (Wildman–Crippen MR) is 115 cm³/mol. The van der Waals surface area contributed by atoms with E-state index in [4.69, 9.17) is 21.1 Å². The van der Waals surface area contributed by atoms with Crippen LogP contribution in [0.5, 0.6) is 11.5 Å². The maximum Gasteiger partial charge on any atom is 0.280 e. The molecule has 0 aliphatic rings. The summed E-state index contributed by atoms with van der Waals surface area (Å²) in [7, 11) is 1.45. The van der Waals surface area contributed by atoms with E-state index in [-0.39, 0.29) is 29.2 Å². The molecular formula is C23H17ClN2O4. The maximum atomic E-state index is 11.7. The van der Waals surface area contributed by atoms with E-state index in [0.29, 0.717) is 16.3 Å². The van der Waals surface area contributed by atoms with Crippen molar-refractivity contribution < 1.29 is 14.4 Å². The van der Waals surface area contributed by atoms with Gasteiger partial charge in [-0.2, -0.15) is 5.26 Å². The van der Waals surface area contributed by atoms with E-state index in [9.17, 15) is 15.4 Å². The molecule has 0 amide bonds. The Kier molecular flexibility index (Phi) is 6.68. The number of nitro benzene ring substituents is 1. The highest BCUT2D eigenvalue weighted by molar-refractivity contribution is 6.32. The third-order valence-corrected chi connectivity index (χ3v) is 4.66. The summed E-state index contributed by atoms with van der Waals surface area (Å²) < 4.78 is 11.1. The molecule has 0 saturated heterocycles. The quantitative estimate of drug-likeness (QED) is 0.205. The second-order valence-electron chi connectivity index (χ2n) is 6.24. The van der Waals surface area contributed by atoms with Crippen molar-refractivity contribution in [2.45, 2.75) is 6.61 Å². The van der Waals surface area contributed by atoms with Gasteiger partial charge < -0.3 is 9.47 Å². The van der Waals surface area contributed by atoms with Crippen LogP contribution in [0.3, 0.4) is 0 Å². The second-order valence-corrected chi connectivity index (χ2v) is 6.65. The summed E-state index contributed by atoms with van der Waals surface area (Å²) in [5.41, 5.74) is 1.60. The van der Waals surface area contributed by atoms with Crippen LogP contribution in [0, 0.1) is 21.4 Å². The zero-order chi connectivity index (χ0) is 21.5. The molecule has 3 rings (SSSR count). The number of nitrogens with zero attached hydrogens (tertiary/aromatic N) is 2. The first kappa shape index (κ1) is 20.9.